The van der Waals surface area contributed by atoms with Gasteiger partial charge in [0, 0.05) is 63.4 Å². The van der Waals surface area contributed by atoms with E-state index in [0.29, 0.717) is 35.6 Å². The molecule has 0 atom stereocenters. The third-order valence-corrected chi connectivity index (χ3v) is 7.84. The molecule has 1 N–H and O–H groups in total. The van der Waals surface area contributed by atoms with Crippen LogP contribution in [0.1, 0.15) is 21.5 Å². The van der Waals surface area contributed by atoms with Crippen molar-refractivity contribution in [1.29, 1.82) is 0 Å². The predicted octanol–water partition coefficient (Wildman–Crippen LogP) is 5.89. The topological polar surface area (TPSA) is 101 Å². The van der Waals surface area contributed by atoms with Gasteiger partial charge in [-0.15, -0.1) is 0 Å². The molecule has 2 aromatic carbocycles. The lowest BCUT2D eigenvalue weighted by molar-refractivity contribution is -0.138. The van der Waals surface area contributed by atoms with Gasteiger partial charge in [-0.2, -0.15) is 18.2 Å². The molecule has 10 nitrogen and oxygen atoms in total. The van der Waals surface area contributed by atoms with Gasteiger partial charge in [0.25, 0.3) is 11.8 Å². The number of anilines is 1. The van der Waals surface area contributed by atoms with Gasteiger partial charge in [-0.3, -0.25) is 14.7 Å². The maximum Gasteiger partial charge on any atom is 0.416 e. The molecule has 3 aromatic heterocycles. The van der Waals surface area contributed by atoms with Gasteiger partial charge in [0.1, 0.15) is 5.75 Å². The van der Waals surface area contributed by atoms with Gasteiger partial charge in [-0.1, -0.05) is 17.7 Å². The first-order chi connectivity index (χ1) is 21.5. The van der Waals surface area contributed by atoms with E-state index >= 15 is 0 Å². The number of likely N-dealkylation sites (N-methyl/N-ethyl adjacent to an activating group) is 1. The summed E-state index contributed by atoms with van der Waals surface area (Å²) < 4.78 is 50.0. The van der Waals surface area contributed by atoms with Crippen molar-refractivity contribution in [2.45, 2.75) is 12.7 Å². The van der Waals surface area contributed by atoms with Gasteiger partial charge >= 0.3 is 6.18 Å². The summed E-state index contributed by atoms with van der Waals surface area (Å²) in [7, 11) is 3.77. The Morgan fingerprint density at radius 2 is 1.84 bits per heavy atom. The van der Waals surface area contributed by atoms with Crippen molar-refractivity contribution in [1.82, 2.24) is 34.3 Å². The predicted molar refractivity (Wildman–Crippen MR) is 163 cm³/mol. The smallest absolute Gasteiger partial charge is 0.416 e. The van der Waals surface area contributed by atoms with Gasteiger partial charge in [0.2, 0.25) is 0 Å². The number of halogens is 4. The minimum atomic E-state index is -4.60. The number of imidazole rings is 1. The number of benzene rings is 2. The van der Waals surface area contributed by atoms with Gasteiger partial charge in [-0.25, -0.2) is 9.97 Å². The Hall–Kier alpha value is -4.59. The zero-order valence-corrected chi connectivity index (χ0v) is 25.1. The van der Waals surface area contributed by atoms with E-state index in [1.54, 1.807) is 42.5 Å². The maximum absolute atomic E-state index is 14.1. The molecule has 0 radical (unpaired) electrons. The van der Waals surface area contributed by atoms with E-state index in [0.717, 1.165) is 19.2 Å². The fourth-order valence-electron chi connectivity index (χ4n) is 5.03. The molecule has 1 aliphatic heterocycles. The second-order valence-electron chi connectivity index (χ2n) is 10.8. The highest BCUT2D eigenvalue weighted by molar-refractivity contribution is 6.34. The van der Waals surface area contributed by atoms with E-state index in [2.05, 4.69) is 30.2 Å². The summed E-state index contributed by atoms with van der Waals surface area (Å²) in [5.74, 6) is 0.00881. The number of nitrogens with zero attached hydrogens (tertiary/aromatic N) is 7. The number of rotatable bonds is 7. The zero-order chi connectivity index (χ0) is 31.7. The van der Waals surface area contributed by atoms with Crippen LogP contribution in [0, 0.1) is 0 Å². The van der Waals surface area contributed by atoms with E-state index in [9.17, 15) is 18.0 Å². The Labute approximate surface area is 261 Å². The minimum absolute atomic E-state index is 0.00282. The van der Waals surface area contributed by atoms with Crippen molar-refractivity contribution in [3.05, 3.63) is 89.0 Å². The Bertz CT molecular complexity index is 1860. The van der Waals surface area contributed by atoms with E-state index in [1.807, 2.05) is 18.0 Å². The largest absolute Gasteiger partial charge is 0.437 e. The molecule has 1 amide bonds. The summed E-state index contributed by atoms with van der Waals surface area (Å²) in [6, 6.07) is 11.8. The highest BCUT2D eigenvalue weighted by Crippen LogP contribution is 2.35. The third-order valence-electron chi connectivity index (χ3n) is 7.51. The summed E-state index contributed by atoms with van der Waals surface area (Å²) in [4.78, 5) is 35.0. The van der Waals surface area contributed by atoms with Gasteiger partial charge in [0.05, 0.1) is 22.5 Å². The standard InChI is InChI=1S/C31H28ClF3N8O2/c1-41-10-12-43(13-11-41)17-20-5-6-21(14-24(20)31(33,34)35)38-29(44)23-15-22(7-8-25(23)32)45-30-26-28(42(2)18-37-26)39-27(40-30)19-4-3-9-36-16-19/h3-9,14-16,18H,10-13,17H2,1-2H3,(H,38,44). The SMILES string of the molecule is CN1CCN(Cc2ccc(NC(=O)c3cc(Oc4nc(-c5cccnc5)nc5c4ncn5C)ccc3Cl)cc2C(F)(F)F)CC1. The molecular weight excluding hydrogens is 609 g/mol. The third kappa shape index (κ3) is 6.75. The average molecular weight is 637 g/mol. The summed E-state index contributed by atoms with van der Waals surface area (Å²) in [6.45, 7) is 3.09. The number of fused-ring (bicyclic) bond motifs is 1. The molecule has 4 heterocycles. The summed E-state index contributed by atoms with van der Waals surface area (Å²) >= 11 is 6.36. The van der Waals surface area contributed by atoms with Crippen LogP contribution < -0.4 is 10.1 Å². The molecule has 0 unspecified atom stereocenters. The van der Waals surface area contributed by atoms with Crippen LogP contribution in [0.3, 0.4) is 0 Å². The van der Waals surface area contributed by atoms with Crippen molar-refractivity contribution < 1.29 is 22.7 Å². The van der Waals surface area contributed by atoms with Crippen LogP contribution in [-0.4, -0.2) is 73.4 Å². The number of aromatic nitrogens is 5. The lowest BCUT2D eigenvalue weighted by Crippen LogP contribution is -2.44. The molecule has 6 rings (SSSR count). The van der Waals surface area contributed by atoms with E-state index in [1.165, 1.54) is 24.3 Å². The number of pyridine rings is 1. The van der Waals surface area contributed by atoms with Crippen molar-refractivity contribution >= 4 is 34.4 Å². The number of aryl methyl sites for hydroxylation is 1. The van der Waals surface area contributed by atoms with Gasteiger partial charge in [0.15, 0.2) is 17.0 Å². The molecule has 0 aliphatic carbocycles. The van der Waals surface area contributed by atoms with Crippen LogP contribution in [-0.2, 0) is 19.8 Å². The molecule has 1 fully saturated rings. The highest BCUT2D eigenvalue weighted by Gasteiger charge is 2.34. The number of hydrogen-bond acceptors (Lipinski definition) is 8. The van der Waals surface area contributed by atoms with Crippen LogP contribution in [0.2, 0.25) is 5.02 Å². The first-order valence-electron chi connectivity index (χ1n) is 14.0. The molecule has 0 bridgehead atoms. The second kappa shape index (κ2) is 12.4. The van der Waals surface area contributed by atoms with Gasteiger partial charge in [-0.05, 0) is 55.1 Å². The number of nitrogens with one attached hydrogen (secondary N) is 1. The molecule has 14 heteroatoms. The van der Waals surface area contributed by atoms with Crippen LogP contribution in [0.25, 0.3) is 22.6 Å². The normalized spacial score (nSPS) is 14.5. The lowest BCUT2D eigenvalue weighted by atomic mass is 10.0. The van der Waals surface area contributed by atoms with Crippen molar-refractivity contribution in [2.24, 2.45) is 7.05 Å². The summed E-state index contributed by atoms with van der Waals surface area (Å²) in [5.41, 5.74) is 0.913. The molecule has 1 aliphatic rings. The van der Waals surface area contributed by atoms with Crippen molar-refractivity contribution in [3.8, 4) is 23.0 Å². The number of carbonyl (C=O) groups is 1. The maximum atomic E-state index is 14.1. The number of carbonyl (C=O) groups excluding carboxylic acids is 1. The van der Waals surface area contributed by atoms with Crippen molar-refractivity contribution in [3.63, 3.8) is 0 Å². The van der Waals surface area contributed by atoms with Crippen LogP contribution in [0.4, 0.5) is 18.9 Å². The van der Waals surface area contributed by atoms with E-state index in [-0.39, 0.29) is 40.0 Å². The Morgan fingerprint density at radius 3 is 2.58 bits per heavy atom. The van der Waals surface area contributed by atoms with E-state index in [4.69, 9.17) is 16.3 Å². The second-order valence-corrected chi connectivity index (χ2v) is 11.2. The fourth-order valence-corrected chi connectivity index (χ4v) is 5.23. The number of ether oxygens (including phenoxy) is 1. The lowest BCUT2D eigenvalue weighted by Gasteiger charge is -2.33. The quantitative estimate of drug-likeness (QED) is 0.236. The summed E-state index contributed by atoms with van der Waals surface area (Å²) in [5, 5.41) is 2.64. The molecule has 5 aromatic rings. The van der Waals surface area contributed by atoms with Crippen LogP contribution >= 0.6 is 11.6 Å². The summed E-state index contributed by atoms with van der Waals surface area (Å²) in [6.07, 6.45) is 0.231. The number of hydrogen-bond donors (Lipinski definition) is 1. The monoisotopic (exact) mass is 636 g/mol. The Morgan fingerprint density at radius 1 is 1.04 bits per heavy atom. The van der Waals surface area contributed by atoms with Crippen molar-refractivity contribution in [2.75, 3.05) is 38.5 Å². The first-order valence-corrected chi connectivity index (χ1v) is 14.4. The number of amides is 1. The molecule has 0 saturated carbocycles. The highest BCUT2D eigenvalue weighted by atomic mass is 35.5. The average Bonchev–Trinajstić information content (AvgIpc) is 3.40. The van der Waals surface area contributed by atoms with Gasteiger partial charge < -0.3 is 19.5 Å². The Kier molecular flexibility index (Phi) is 8.40. The fraction of sp³-hybridized carbons (Fsp3) is 0.258. The van der Waals surface area contributed by atoms with E-state index < -0.39 is 17.6 Å². The number of piperazine rings is 1. The zero-order valence-electron chi connectivity index (χ0n) is 24.3. The number of alkyl halides is 3. The van der Waals surface area contributed by atoms with Crippen LogP contribution in [0.15, 0.2) is 67.3 Å². The molecule has 1 saturated heterocycles. The molecule has 232 valence electrons. The molecular formula is C31H28ClF3N8O2. The molecule has 0 spiro atoms. The van der Waals surface area contributed by atoms with Crippen LogP contribution in [0.5, 0.6) is 11.6 Å². The first kappa shape index (κ1) is 30.4. The Balaban J connectivity index is 1.25. The molecule has 45 heavy (non-hydrogen) atoms. The minimum Gasteiger partial charge on any atom is -0.437 e.